The second-order valence-corrected chi connectivity index (χ2v) is 7.56. The molecular weight excluding hydrogens is 372 g/mol. The monoisotopic (exact) mass is 400 g/mol. The van der Waals surface area contributed by atoms with Crippen LogP contribution in [0.4, 0.5) is 0 Å². The zero-order valence-electron chi connectivity index (χ0n) is 17.6. The molecular formula is C26H28N2O2. The molecule has 0 aliphatic carbocycles. The molecule has 1 amide bonds. The third-order valence-corrected chi connectivity index (χ3v) is 5.74. The number of nitrogens with zero attached hydrogens (tertiary/aromatic N) is 1. The molecule has 154 valence electrons. The molecule has 0 unspecified atom stereocenters. The van der Waals surface area contributed by atoms with Crippen LogP contribution < -0.4 is 5.32 Å². The highest BCUT2D eigenvalue weighted by atomic mass is 16.3. The van der Waals surface area contributed by atoms with Crippen LogP contribution in [-0.4, -0.2) is 10.5 Å². The molecule has 4 nitrogen and oxygen atoms in total. The zero-order chi connectivity index (χ0) is 20.9. The molecule has 0 fully saturated rings. The van der Waals surface area contributed by atoms with Crippen molar-refractivity contribution in [3.8, 4) is 0 Å². The molecule has 4 rings (SSSR count). The van der Waals surface area contributed by atoms with Crippen LogP contribution >= 0.6 is 0 Å². The lowest BCUT2D eigenvalue weighted by atomic mass is 9.87. The van der Waals surface area contributed by atoms with Gasteiger partial charge in [0.25, 0.3) is 0 Å². The molecule has 0 radical (unpaired) electrons. The fourth-order valence-electron chi connectivity index (χ4n) is 4.23. The number of fused-ring (bicyclic) bond motifs is 1. The van der Waals surface area contributed by atoms with E-state index in [-0.39, 0.29) is 11.8 Å². The predicted molar refractivity (Wildman–Crippen MR) is 120 cm³/mol. The van der Waals surface area contributed by atoms with Gasteiger partial charge in [-0.25, -0.2) is 0 Å². The van der Waals surface area contributed by atoms with Crippen molar-refractivity contribution in [3.63, 3.8) is 0 Å². The number of aromatic nitrogens is 1. The molecule has 2 aromatic heterocycles. The molecule has 1 atom stereocenters. The summed E-state index contributed by atoms with van der Waals surface area (Å²) in [6.45, 7) is 5.67. The summed E-state index contributed by atoms with van der Waals surface area (Å²) in [7, 11) is 0. The van der Waals surface area contributed by atoms with Crippen LogP contribution in [0.3, 0.4) is 0 Å². The van der Waals surface area contributed by atoms with Crippen molar-refractivity contribution in [2.45, 2.75) is 45.7 Å². The Morgan fingerprint density at radius 3 is 2.57 bits per heavy atom. The van der Waals surface area contributed by atoms with Crippen LogP contribution in [0.5, 0.6) is 0 Å². The second kappa shape index (κ2) is 9.04. The number of amides is 1. The number of carbonyl (C=O) groups is 1. The number of para-hydroxylation sites is 1. The maximum atomic E-state index is 12.9. The molecule has 4 aromatic rings. The lowest BCUT2D eigenvalue weighted by molar-refractivity contribution is -0.121. The van der Waals surface area contributed by atoms with Gasteiger partial charge in [-0.15, -0.1) is 0 Å². The Hall–Kier alpha value is -3.27. The summed E-state index contributed by atoms with van der Waals surface area (Å²) < 4.78 is 7.66. The van der Waals surface area contributed by atoms with E-state index in [4.69, 9.17) is 4.42 Å². The second-order valence-electron chi connectivity index (χ2n) is 7.56. The third kappa shape index (κ3) is 4.04. The van der Waals surface area contributed by atoms with Gasteiger partial charge in [0.15, 0.2) is 0 Å². The molecule has 2 aromatic carbocycles. The third-order valence-electron chi connectivity index (χ3n) is 5.74. The van der Waals surface area contributed by atoms with E-state index in [1.54, 1.807) is 6.26 Å². The Morgan fingerprint density at radius 2 is 1.87 bits per heavy atom. The van der Waals surface area contributed by atoms with Crippen molar-refractivity contribution in [2.24, 2.45) is 0 Å². The minimum Gasteiger partial charge on any atom is -0.467 e. The molecule has 0 spiro atoms. The van der Waals surface area contributed by atoms with Gasteiger partial charge in [-0.05, 0) is 42.2 Å². The Morgan fingerprint density at radius 1 is 1.03 bits per heavy atom. The number of aryl methyl sites for hydroxylation is 2. The van der Waals surface area contributed by atoms with Crippen LogP contribution in [0.2, 0.25) is 0 Å². The molecule has 0 bridgehead atoms. The highest BCUT2D eigenvalue weighted by Gasteiger charge is 2.23. The highest BCUT2D eigenvalue weighted by Crippen LogP contribution is 2.36. The fraction of sp³-hybridized carbons (Fsp3) is 0.269. The van der Waals surface area contributed by atoms with E-state index in [0.29, 0.717) is 13.0 Å². The summed E-state index contributed by atoms with van der Waals surface area (Å²) in [5, 5.41) is 4.25. The fourth-order valence-corrected chi connectivity index (χ4v) is 4.23. The first kappa shape index (κ1) is 20.0. The first-order valence-corrected chi connectivity index (χ1v) is 10.7. The van der Waals surface area contributed by atoms with Gasteiger partial charge in [-0.1, -0.05) is 55.5 Å². The van der Waals surface area contributed by atoms with Gasteiger partial charge in [0.2, 0.25) is 5.91 Å². The molecule has 0 saturated carbocycles. The Bertz CT molecular complexity index is 1110. The van der Waals surface area contributed by atoms with Gasteiger partial charge in [-0.3, -0.25) is 4.79 Å². The molecule has 0 aliphatic heterocycles. The smallest absolute Gasteiger partial charge is 0.221 e. The topological polar surface area (TPSA) is 47.2 Å². The van der Waals surface area contributed by atoms with Crippen LogP contribution in [0.1, 0.15) is 48.6 Å². The number of hydrogen-bond acceptors (Lipinski definition) is 2. The number of furan rings is 1. The van der Waals surface area contributed by atoms with Gasteiger partial charge in [0, 0.05) is 30.5 Å². The molecule has 4 heteroatoms. The van der Waals surface area contributed by atoms with Crippen LogP contribution in [-0.2, 0) is 24.3 Å². The zero-order valence-corrected chi connectivity index (χ0v) is 17.6. The maximum Gasteiger partial charge on any atom is 0.221 e. The Labute approximate surface area is 177 Å². The predicted octanol–water partition coefficient (Wildman–Crippen LogP) is 5.66. The lowest BCUT2D eigenvalue weighted by Crippen LogP contribution is -2.24. The summed E-state index contributed by atoms with van der Waals surface area (Å²) in [5.41, 5.74) is 4.99. The Balaban J connectivity index is 1.71. The van der Waals surface area contributed by atoms with E-state index >= 15 is 0 Å². The highest BCUT2D eigenvalue weighted by molar-refractivity contribution is 5.89. The average molecular weight is 401 g/mol. The summed E-state index contributed by atoms with van der Waals surface area (Å²) in [6, 6.07) is 20.5. The first-order valence-electron chi connectivity index (χ1n) is 10.7. The molecule has 1 N–H and O–H groups in total. The van der Waals surface area contributed by atoms with E-state index in [0.717, 1.165) is 24.3 Å². The normalized spacial score (nSPS) is 12.2. The minimum atomic E-state index is -0.00907. The van der Waals surface area contributed by atoms with Crippen molar-refractivity contribution in [1.82, 2.24) is 9.88 Å². The number of hydrogen-bond donors (Lipinski definition) is 1. The minimum absolute atomic E-state index is 0.00907. The molecule has 0 saturated heterocycles. The van der Waals surface area contributed by atoms with Crippen molar-refractivity contribution < 1.29 is 9.21 Å². The van der Waals surface area contributed by atoms with E-state index in [1.807, 2.05) is 30.3 Å². The molecule has 2 heterocycles. The number of carbonyl (C=O) groups excluding carboxylic acids is 1. The summed E-state index contributed by atoms with van der Waals surface area (Å²) >= 11 is 0. The quantitative estimate of drug-likeness (QED) is 0.415. The number of rotatable bonds is 8. The van der Waals surface area contributed by atoms with Crippen LogP contribution in [0.25, 0.3) is 10.9 Å². The van der Waals surface area contributed by atoms with Gasteiger partial charge in [-0.2, -0.15) is 0 Å². The maximum absolute atomic E-state index is 12.9. The van der Waals surface area contributed by atoms with Gasteiger partial charge < -0.3 is 14.3 Å². The standard InChI is InChI=1S/C26H28N2O2/c1-3-19-12-8-14-22-24(18-28(4-2)26(19)22)23(20-10-6-5-7-11-20)16-25(29)27-17-21-13-9-15-30-21/h5-15,18,23H,3-4,16-17H2,1-2H3,(H,27,29)/t23-/m0/s1. The largest absolute Gasteiger partial charge is 0.467 e. The van der Waals surface area contributed by atoms with Crippen molar-refractivity contribution in [3.05, 3.63) is 95.6 Å². The van der Waals surface area contributed by atoms with E-state index in [1.165, 1.54) is 22.0 Å². The molecule has 30 heavy (non-hydrogen) atoms. The van der Waals surface area contributed by atoms with Crippen molar-refractivity contribution >= 4 is 16.8 Å². The van der Waals surface area contributed by atoms with Crippen LogP contribution in [0, 0.1) is 0 Å². The summed E-state index contributed by atoms with van der Waals surface area (Å²) in [6.07, 6.45) is 5.24. The van der Waals surface area contributed by atoms with Crippen molar-refractivity contribution in [2.75, 3.05) is 0 Å². The van der Waals surface area contributed by atoms with Gasteiger partial charge >= 0.3 is 0 Å². The Kier molecular flexibility index (Phi) is 6.03. The average Bonchev–Trinajstić information content (AvgIpc) is 3.44. The van der Waals surface area contributed by atoms with E-state index in [9.17, 15) is 4.79 Å². The van der Waals surface area contributed by atoms with Gasteiger partial charge in [0.05, 0.1) is 18.3 Å². The number of benzene rings is 2. The van der Waals surface area contributed by atoms with Crippen LogP contribution in [0.15, 0.2) is 77.5 Å². The van der Waals surface area contributed by atoms with E-state index in [2.05, 4.69) is 60.3 Å². The van der Waals surface area contributed by atoms with E-state index < -0.39 is 0 Å². The SMILES string of the molecule is CCc1cccc2c([C@@H](CC(=O)NCc3ccco3)c3ccccc3)cn(CC)c12. The number of nitrogens with one attached hydrogen (secondary N) is 1. The summed E-state index contributed by atoms with van der Waals surface area (Å²) in [5.74, 6) is 0.768. The lowest BCUT2D eigenvalue weighted by Gasteiger charge is -2.17. The molecule has 0 aliphatic rings. The first-order chi connectivity index (χ1) is 14.7. The van der Waals surface area contributed by atoms with Crippen molar-refractivity contribution in [1.29, 1.82) is 0 Å². The summed E-state index contributed by atoms with van der Waals surface area (Å²) in [4.78, 5) is 12.9. The van der Waals surface area contributed by atoms with Gasteiger partial charge in [0.1, 0.15) is 5.76 Å².